The second-order valence-corrected chi connectivity index (χ2v) is 7.36. The molecule has 0 spiro atoms. The number of aromatic nitrogens is 2. The van der Waals surface area contributed by atoms with Gasteiger partial charge in [-0.3, -0.25) is 9.59 Å². The molecule has 0 saturated heterocycles. The van der Waals surface area contributed by atoms with Crippen LogP contribution in [0.15, 0.2) is 18.3 Å². The molecule has 2 aliphatic rings. The van der Waals surface area contributed by atoms with E-state index in [0.29, 0.717) is 6.07 Å². The predicted molar refractivity (Wildman–Crippen MR) is 94.8 cm³/mol. The van der Waals surface area contributed by atoms with Crippen molar-refractivity contribution >= 4 is 17.5 Å². The van der Waals surface area contributed by atoms with Crippen LogP contribution in [0.3, 0.4) is 0 Å². The highest BCUT2D eigenvalue weighted by atomic mass is 19.4. The van der Waals surface area contributed by atoms with E-state index in [1.165, 1.54) is 0 Å². The first kappa shape index (κ1) is 21.1. The van der Waals surface area contributed by atoms with E-state index in [0.717, 1.165) is 19.2 Å². The van der Waals surface area contributed by atoms with Crippen LogP contribution in [-0.2, 0) is 28.2 Å². The van der Waals surface area contributed by atoms with Gasteiger partial charge >= 0.3 is 6.18 Å². The molecule has 7 nitrogen and oxygen atoms in total. The van der Waals surface area contributed by atoms with Gasteiger partial charge in [0.2, 0.25) is 17.3 Å². The SMILES string of the molecule is CC1(C(F)(F)F)OCc2cnc(C(=O)N[C@H]3CCc4cc(F)cc(F)c4NC3=O)nc21. The summed E-state index contributed by atoms with van der Waals surface area (Å²) < 4.78 is 72.5. The molecule has 2 aliphatic heterocycles. The molecule has 1 aromatic heterocycles. The summed E-state index contributed by atoms with van der Waals surface area (Å²) in [7, 11) is 0. The summed E-state index contributed by atoms with van der Waals surface area (Å²) >= 11 is 0. The Balaban J connectivity index is 1.55. The fraction of sp³-hybridized carbons (Fsp3) is 0.368. The molecule has 0 saturated carbocycles. The van der Waals surface area contributed by atoms with Gasteiger partial charge in [-0.15, -0.1) is 0 Å². The summed E-state index contributed by atoms with van der Waals surface area (Å²) in [5.74, 6) is -4.09. The van der Waals surface area contributed by atoms with E-state index in [1.807, 2.05) is 0 Å². The number of amides is 2. The van der Waals surface area contributed by atoms with Crippen LogP contribution < -0.4 is 10.6 Å². The van der Waals surface area contributed by atoms with E-state index in [1.54, 1.807) is 0 Å². The number of ether oxygens (including phenoxy) is 1. The Morgan fingerprint density at radius 2 is 2.03 bits per heavy atom. The summed E-state index contributed by atoms with van der Waals surface area (Å²) in [6.07, 6.45) is -3.64. The number of hydrogen-bond acceptors (Lipinski definition) is 5. The predicted octanol–water partition coefficient (Wildman–Crippen LogP) is 2.75. The first-order valence-electron chi connectivity index (χ1n) is 9.16. The monoisotopic (exact) mass is 442 g/mol. The van der Waals surface area contributed by atoms with Gasteiger partial charge in [-0.25, -0.2) is 18.7 Å². The Labute approximate surface area is 172 Å². The average molecular weight is 442 g/mol. The zero-order valence-electron chi connectivity index (χ0n) is 15.9. The molecule has 1 unspecified atom stereocenters. The van der Waals surface area contributed by atoms with Gasteiger partial charge in [0.05, 0.1) is 18.0 Å². The molecule has 1 aromatic carbocycles. The number of rotatable bonds is 2. The first-order valence-corrected chi connectivity index (χ1v) is 9.16. The molecular formula is C19H15F5N4O3. The van der Waals surface area contributed by atoms with Gasteiger partial charge in [-0.05, 0) is 31.4 Å². The molecule has 2 amide bonds. The Bertz CT molecular complexity index is 1090. The van der Waals surface area contributed by atoms with Crippen molar-refractivity contribution in [3.63, 3.8) is 0 Å². The quantitative estimate of drug-likeness (QED) is 0.698. The van der Waals surface area contributed by atoms with Crippen molar-refractivity contribution in [3.8, 4) is 0 Å². The summed E-state index contributed by atoms with van der Waals surface area (Å²) in [5, 5.41) is 4.63. The van der Waals surface area contributed by atoms with Crippen LogP contribution in [0.4, 0.5) is 27.6 Å². The minimum Gasteiger partial charge on any atom is -0.355 e. The number of benzene rings is 1. The van der Waals surface area contributed by atoms with Gasteiger partial charge in [0.25, 0.3) is 5.91 Å². The molecule has 0 aliphatic carbocycles. The lowest BCUT2D eigenvalue weighted by atomic mass is 10.0. The Kier molecular flexibility index (Phi) is 4.91. The number of nitrogens with one attached hydrogen (secondary N) is 2. The van der Waals surface area contributed by atoms with Crippen LogP contribution >= 0.6 is 0 Å². The highest BCUT2D eigenvalue weighted by Gasteiger charge is 2.58. The van der Waals surface area contributed by atoms with Crippen LogP contribution in [0.1, 0.15) is 40.8 Å². The number of nitrogens with zero attached hydrogens (tertiary/aromatic N) is 2. The summed E-state index contributed by atoms with van der Waals surface area (Å²) in [5.41, 5.74) is -3.04. The number of carbonyl (C=O) groups excluding carboxylic acids is 2. The zero-order valence-corrected chi connectivity index (χ0v) is 15.9. The van der Waals surface area contributed by atoms with E-state index in [4.69, 9.17) is 4.74 Å². The van der Waals surface area contributed by atoms with Gasteiger partial charge in [0.15, 0.2) is 0 Å². The molecule has 12 heteroatoms. The number of aryl methyl sites for hydroxylation is 1. The lowest BCUT2D eigenvalue weighted by Crippen LogP contribution is -2.44. The third-order valence-electron chi connectivity index (χ3n) is 5.29. The van der Waals surface area contributed by atoms with E-state index < -0.39 is 52.8 Å². The molecular weight excluding hydrogens is 427 g/mol. The molecule has 0 fully saturated rings. The van der Waals surface area contributed by atoms with Crippen LogP contribution in [0.5, 0.6) is 0 Å². The molecule has 2 N–H and O–H groups in total. The van der Waals surface area contributed by atoms with Crippen LogP contribution in [0.25, 0.3) is 0 Å². The largest absolute Gasteiger partial charge is 0.422 e. The van der Waals surface area contributed by atoms with Gasteiger partial charge < -0.3 is 15.4 Å². The normalized spacial score (nSPS) is 22.9. The van der Waals surface area contributed by atoms with Crippen LogP contribution in [-0.4, -0.2) is 34.0 Å². The van der Waals surface area contributed by atoms with Gasteiger partial charge in [0, 0.05) is 17.8 Å². The highest BCUT2D eigenvalue weighted by Crippen LogP contribution is 2.46. The topological polar surface area (TPSA) is 93.2 Å². The molecule has 31 heavy (non-hydrogen) atoms. The zero-order chi connectivity index (χ0) is 22.6. The maximum absolute atomic E-state index is 14.0. The first-order chi connectivity index (χ1) is 14.5. The van der Waals surface area contributed by atoms with Crippen molar-refractivity contribution in [2.24, 2.45) is 0 Å². The van der Waals surface area contributed by atoms with Crippen LogP contribution in [0.2, 0.25) is 0 Å². The third kappa shape index (κ3) is 3.60. The minimum atomic E-state index is -4.77. The molecule has 3 heterocycles. The average Bonchev–Trinajstić information content (AvgIpc) is 2.96. The number of halogens is 5. The minimum absolute atomic E-state index is 0.00177. The maximum Gasteiger partial charge on any atom is 0.422 e. The van der Waals surface area contributed by atoms with E-state index in [9.17, 15) is 31.5 Å². The van der Waals surface area contributed by atoms with Crippen molar-refractivity contribution in [2.45, 2.75) is 44.2 Å². The van der Waals surface area contributed by atoms with Crippen molar-refractivity contribution in [1.82, 2.24) is 15.3 Å². The van der Waals surface area contributed by atoms with Crippen molar-refractivity contribution in [2.75, 3.05) is 5.32 Å². The fourth-order valence-corrected chi connectivity index (χ4v) is 3.51. The van der Waals surface area contributed by atoms with Gasteiger partial charge in [-0.2, -0.15) is 13.2 Å². The van der Waals surface area contributed by atoms with Crippen molar-refractivity contribution < 1.29 is 36.3 Å². The van der Waals surface area contributed by atoms with Gasteiger partial charge in [0.1, 0.15) is 17.7 Å². The lowest BCUT2D eigenvalue weighted by Gasteiger charge is -2.26. The van der Waals surface area contributed by atoms with Crippen molar-refractivity contribution in [3.05, 3.63) is 52.6 Å². The number of hydrogen-bond donors (Lipinski definition) is 2. The number of carbonyl (C=O) groups is 2. The Morgan fingerprint density at radius 3 is 2.74 bits per heavy atom. The number of anilines is 1. The third-order valence-corrected chi connectivity index (χ3v) is 5.29. The number of alkyl halides is 3. The summed E-state index contributed by atoms with van der Waals surface area (Å²) in [6.45, 7) is 0.440. The fourth-order valence-electron chi connectivity index (χ4n) is 3.51. The molecule has 2 aromatic rings. The van der Waals surface area contributed by atoms with Crippen molar-refractivity contribution in [1.29, 1.82) is 0 Å². The highest BCUT2D eigenvalue weighted by molar-refractivity contribution is 6.00. The van der Waals surface area contributed by atoms with E-state index >= 15 is 0 Å². The smallest absolute Gasteiger partial charge is 0.355 e. The molecule has 4 rings (SSSR count). The second-order valence-electron chi connectivity index (χ2n) is 7.36. The van der Waals surface area contributed by atoms with Gasteiger partial charge in [-0.1, -0.05) is 0 Å². The Morgan fingerprint density at radius 1 is 1.29 bits per heavy atom. The second kappa shape index (κ2) is 7.22. The maximum atomic E-state index is 14.0. The summed E-state index contributed by atoms with van der Waals surface area (Å²) in [6, 6.07) is 0.533. The lowest BCUT2D eigenvalue weighted by molar-refractivity contribution is -0.273. The standard InChI is InChI=1S/C19H15F5N4O3/c1-18(19(22,23)24)14-9(7-31-18)6-25-15(28-14)17(30)26-12-3-2-8-4-10(20)5-11(21)13(8)27-16(12)29/h4-6,12H,2-3,7H2,1H3,(H,26,30)(H,27,29)/t12-,18?/m0/s1. The molecule has 164 valence electrons. The van der Waals surface area contributed by atoms with E-state index in [2.05, 4.69) is 20.6 Å². The molecule has 0 bridgehead atoms. The Hall–Kier alpha value is -3.15. The number of fused-ring (bicyclic) bond motifs is 2. The van der Waals surface area contributed by atoms with E-state index in [-0.39, 0.29) is 36.3 Å². The molecule has 2 atom stereocenters. The van der Waals surface area contributed by atoms with Crippen LogP contribution in [0, 0.1) is 11.6 Å². The molecule has 0 radical (unpaired) electrons. The summed E-state index contributed by atoms with van der Waals surface area (Å²) in [4.78, 5) is 32.5.